The molecular weight excluding hydrogens is 289 g/mol. The van der Waals surface area contributed by atoms with Crippen molar-refractivity contribution in [3.05, 3.63) is 0 Å². The molecule has 0 aromatic rings. The zero-order chi connectivity index (χ0) is 15.9. The molecule has 8 heteroatoms. The van der Waals surface area contributed by atoms with Gasteiger partial charge in [-0.25, -0.2) is 4.79 Å². The van der Waals surface area contributed by atoms with Gasteiger partial charge in [0.15, 0.2) is 0 Å². The molecule has 0 radical (unpaired) electrons. The average Bonchev–Trinajstić information content (AvgIpc) is 2.37. The molecule has 1 saturated heterocycles. The van der Waals surface area contributed by atoms with Gasteiger partial charge in [-0.1, -0.05) is 6.42 Å². The van der Waals surface area contributed by atoms with Gasteiger partial charge < -0.3 is 15.5 Å². The summed E-state index contributed by atoms with van der Waals surface area (Å²) in [5.41, 5.74) is 0. The van der Waals surface area contributed by atoms with Crippen molar-refractivity contribution in [1.82, 2.24) is 10.2 Å². The van der Waals surface area contributed by atoms with Gasteiger partial charge in [-0.05, 0) is 38.8 Å². The lowest BCUT2D eigenvalue weighted by molar-refractivity contribution is -0.192. The van der Waals surface area contributed by atoms with Crippen molar-refractivity contribution in [2.45, 2.75) is 50.4 Å². The predicted octanol–water partition coefficient (Wildman–Crippen LogP) is 1.22. The first kappa shape index (κ1) is 18.2. The Morgan fingerprint density at radius 1 is 1.14 bits per heavy atom. The highest BCUT2D eigenvalue weighted by atomic mass is 19.4. The van der Waals surface area contributed by atoms with Crippen molar-refractivity contribution in [3.8, 4) is 0 Å². The molecule has 1 aliphatic carbocycles. The van der Waals surface area contributed by atoms with Crippen LogP contribution in [0.5, 0.6) is 0 Å². The quantitative estimate of drug-likeness (QED) is 0.728. The molecule has 5 nitrogen and oxygen atoms in total. The van der Waals surface area contributed by atoms with Crippen molar-refractivity contribution < 1.29 is 28.2 Å². The molecule has 0 aromatic heterocycles. The van der Waals surface area contributed by atoms with Gasteiger partial charge in [-0.15, -0.1) is 0 Å². The Bertz CT molecular complexity index is 316. The fourth-order valence-corrected chi connectivity index (χ4v) is 2.64. The summed E-state index contributed by atoms with van der Waals surface area (Å²) in [6.07, 6.45) is 1.53. The van der Waals surface area contributed by atoms with Crippen molar-refractivity contribution >= 4 is 5.97 Å². The minimum atomic E-state index is -5.08. The lowest BCUT2D eigenvalue weighted by atomic mass is 9.89. The average molecular weight is 312 g/mol. The number of piperidine rings is 1. The molecule has 2 aliphatic rings. The Balaban J connectivity index is 0.000000270. The summed E-state index contributed by atoms with van der Waals surface area (Å²) < 4.78 is 31.7. The van der Waals surface area contributed by atoms with Gasteiger partial charge in [-0.2, -0.15) is 13.2 Å². The molecule has 3 N–H and O–H groups in total. The number of nitrogens with one attached hydrogen (secondary N) is 1. The molecule has 0 atom stereocenters. The van der Waals surface area contributed by atoms with E-state index in [2.05, 4.69) is 10.2 Å². The molecule has 2 fully saturated rings. The number of aliphatic carboxylic acids is 1. The van der Waals surface area contributed by atoms with Crippen LogP contribution in [0.25, 0.3) is 0 Å². The number of aliphatic hydroxyl groups is 1. The zero-order valence-corrected chi connectivity index (χ0v) is 11.9. The molecule has 21 heavy (non-hydrogen) atoms. The summed E-state index contributed by atoms with van der Waals surface area (Å²) in [5.74, 6) is -2.76. The number of carboxylic acid groups (broad SMARTS) is 1. The van der Waals surface area contributed by atoms with Gasteiger partial charge in [-0.3, -0.25) is 4.90 Å². The number of carbonyl (C=O) groups is 1. The highest BCUT2D eigenvalue weighted by Gasteiger charge is 2.38. The van der Waals surface area contributed by atoms with Gasteiger partial charge in [0.1, 0.15) is 0 Å². The molecule has 0 unspecified atom stereocenters. The molecule has 1 saturated carbocycles. The first-order valence-electron chi connectivity index (χ1n) is 7.23. The Kier molecular flexibility index (Phi) is 7.41. The lowest BCUT2D eigenvalue weighted by Gasteiger charge is -2.43. The first-order chi connectivity index (χ1) is 9.86. The normalized spacial score (nSPS) is 20.6. The fourth-order valence-electron chi connectivity index (χ4n) is 2.64. The maximum Gasteiger partial charge on any atom is 0.490 e. The number of hydrogen-bond acceptors (Lipinski definition) is 4. The van der Waals surface area contributed by atoms with Crippen LogP contribution in [0.3, 0.4) is 0 Å². The van der Waals surface area contributed by atoms with Crippen LogP contribution in [-0.4, -0.2) is 65.6 Å². The topological polar surface area (TPSA) is 72.8 Å². The van der Waals surface area contributed by atoms with Crippen molar-refractivity contribution in [3.63, 3.8) is 0 Å². The largest absolute Gasteiger partial charge is 0.490 e. The van der Waals surface area contributed by atoms with E-state index >= 15 is 0 Å². The Labute approximate surface area is 122 Å². The standard InChI is InChI=1S/C11H22N2O.C2HF3O2/c14-9-8-13(10-2-1-3-10)11-4-6-12-7-5-11;3-2(4,5)1(6)7/h10-12,14H,1-9H2;(H,6,7). The molecule has 0 amide bonds. The van der Waals surface area contributed by atoms with Crippen LogP contribution in [0, 0.1) is 0 Å². The number of carboxylic acids is 1. The van der Waals surface area contributed by atoms with Crippen LogP contribution in [-0.2, 0) is 4.79 Å². The van der Waals surface area contributed by atoms with E-state index in [-0.39, 0.29) is 0 Å². The highest BCUT2D eigenvalue weighted by molar-refractivity contribution is 5.73. The second-order valence-electron chi connectivity index (χ2n) is 5.33. The second kappa shape index (κ2) is 8.55. The van der Waals surface area contributed by atoms with Gasteiger partial charge >= 0.3 is 12.1 Å². The third-order valence-corrected chi connectivity index (χ3v) is 3.92. The Hall–Kier alpha value is -0.860. The molecule has 0 spiro atoms. The monoisotopic (exact) mass is 312 g/mol. The van der Waals surface area contributed by atoms with Crippen LogP contribution >= 0.6 is 0 Å². The summed E-state index contributed by atoms with van der Waals surface area (Å²) in [5, 5.41) is 19.6. The van der Waals surface area contributed by atoms with Crippen molar-refractivity contribution in [1.29, 1.82) is 0 Å². The van der Waals surface area contributed by atoms with E-state index in [0.717, 1.165) is 31.7 Å². The summed E-state index contributed by atoms with van der Waals surface area (Å²) >= 11 is 0. The third-order valence-electron chi connectivity index (χ3n) is 3.92. The maximum atomic E-state index is 10.6. The molecular formula is C13H23F3N2O3. The second-order valence-corrected chi connectivity index (χ2v) is 5.33. The SMILES string of the molecule is O=C(O)C(F)(F)F.OCCN(C1CCC1)C1CCNCC1. The van der Waals surface area contributed by atoms with E-state index in [1.165, 1.54) is 32.1 Å². The van der Waals surface area contributed by atoms with E-state index in [9.17, 15) is 13.2 Å². The summed E-state index contributed by atoms with van der Waals surface area (Å²) in [6.45, 7) is 3.51. The first-order valence-corrected chi connectivity index (χ1v) is 7.23. The Morgan fingerprint density at radius 3 is 1.95 bits per heavy atom. The number of alkyl halides is 3. The smallest absolute Gasteiger partial charge is 0.475 e. The number of rotatable bonds is 4. The number of nitrogens with zero attached hydrogens (tertiary/aromatic N) is 1. The molecule has 1 aliphatic heterocycles. The maximum absolute atomic E-state index is 10.6. The van der Waals surface area contributed by atoms with Gasteiger partial charge in [0.2, 0.25) is 0 Å². The highest BCUT2D eigenvalue weighted by Crippen LogP contribution is 2.28. The van der Waals surface area contributed by atoms with Crippen LogP contribution < -0.4 is 5.32 Å². The molecule has 2 rings (SSSR count). The third kappa shape index (κ3) is 6.19. The summed E-state index contributed by atoms with van der Waals surface area (Å²) in [4.78, 5) is 11.5. The van der Waals surface area contributed by atoms with E-state index in [4.69, 9.17) is 15.0 Å². The van der Waals surface area contributed by atoms with Crippen LogP contribution in [0.4, 0.5) is 13.2 Å². The van der Waals surface area contributed by atoms with Gasteiger partial charge in [0.25, 0.3) is 0 Å². The summed E-state index contributed by atoms with van der Waals surface area (Å²) in [7, 11) is 0. The van der Waals surface area contributed by atoms with Crippen molar-refractivity contribution in [2.75, 3.05) is 26.2 Å². The minimum absolute atomic E-state index is 0.320. The lowest BCUT2D eigenvalue weighted by Crippen LogP contribution is -2.51. The van der Waals surface area contributed by atoms with E-state index < -0.39 is 12.1 Å². The molecule has 0 aromatic carbocycles. The minimum Gasteiger partial charge on any atom is -0.475 e. The van der Waals surface area contributed by atoms with Crippen LogP contribution in [0.15, 0.2) is 0 Å². The molecule has 124 valence electrons. The Morgan fingerprint density at radius 2 is 1.62 bits per heavy atom. The zero-order valence-electron chi connectivity index (χ0n) is 11.9. The van der Waals surface area contributed by atoms with Gasteiger partial charge in [0, 0.05) is 18.6 Å². The fraction of sp³-hybridized carbons (Fsp3) is 0.923. The van der Waals surface area contributed by atoms with Crippen LogP contribution in [0.2, 0.25) is 0 Å². The number of aliphatic hydroxyl groups excluding tert-OH is 1. The summed E-state index contributed by atoms with van der Waals surface area (Å²) in [6, 6.07) is 1.51. The van der Waals surface area contributed by atoms with E-state index in [1.807, 2.05) is 0 Å². The molecule has 0 bridgehead atoms. The van der Waals surface area contributed by atoms with E-state index in [0.29, 0.717) is 6.61 Å². The number of halogens is 3. The van der Waals surface area contributed by atoms with Crippen molar-refractivity contribution in [2.24, 2.45) is 0 Å². The van der Waals surface area contributed by atoms with Crippen LogP contribution in [0.1, 0.15) is 32.1 Å². The predicted molar refractivity (Wildman–Crippen MR) is 71.0 cm³/mol. The van der Waals surface area contributed by atoms with E-state index in [1.54, 1.807) is 0 Å². The van der Waals surface area contributed by atoms with Gasteiger partial charge in [0.05, 0.1) is 6.61 Å². The number of hydrogen-bond donors (Lipinski definition) is 3. The molecule has 1 heterocycles.